The van der Waals surface area contributed by atoms with E-state index in [-0.39, 0.29) is 29.5 Å². The minimum atomic E-state index is 0. The number of nitrogens with two attached hydrogens (primary N) is 1. The molecular weight excluding hydrogens is 227 g/mol. The molecule has 0 atom stereocenters. The van der Waals surface area contributed by atoms with Gasteiger partial charge in [-0.25, -0.2) is 4.59 Å². The van der Waals surface area contributed by atoms with Gasteiger partial charge in [0.15, 0.2) is 0 Å². The van der Waals surface area contributed by atoms with Gasteiger partial charge in [-0.05, 0) is 20.8 Å². The molecule has 0 aliphatic heterocycles. The van der Waals surface area contributed by atoms with Crippen LogP contribution in [-0.2, 0) is 0 Å². The lowest BCUT2D eigenvalue weighted by Crippen LogP contribution is -3.00. The van der Waals surface area contributed by atoms with Gasteiger partial charge in [0, 0.05) is 0 Å². The molecule has 9 heavy (non-hydrogen) atoms. The van der Waals surface area contributed by atoms with Crippen molar-refractivity contribution in [2.45, 2.75) is 26.3 Å². The molecule has 0 bridgehead atoms. The maximum Gasteiger partial charge on any atom is 0.107 e. The SMILES string of the molecule is CC(C)(C)[N+](C)(C)N.[I-]. The van der Waals surface area contributed by atoms with Crippen molar-refractivity contribution in [1.29, 1.82) is 0 Å². The monoisotopic (exact) mass is 244 g/mol. The van der Waals surface area contributed by atoms with E-state index in [2.05, 4.69) is 20.8 Å². The summed E-state index contributed by atoms with van der Waals surface area (Å²) in [5.41, 5.74) is 0.153. The summed E-state index contributed by atoms with van der Waals surface area (Å²) >= 11 is 0. The largest absolute Gasteiger partial charge is 1.00 e. The molecule has 58 valence electrons. The van der Waals surface area contributed by atoms with Crippen molar-refractivity contribution in [3.8, 4) is 0 Å². The minimum absolute atomic E-state index is 0. The highest BCUT2D eigenvalue weighted by atomic mass is 127. The molecule has 0 rings (SSSR count). The summed E-state index contributed by atoms with van der Waals surface area (Å²) in [5.74, 6) is 5.75. The van der Waals surface area contributed by atoms with Gasteiger partial charge in [-0.3, -0.25) is 0 Å². The zero-order valence-electron chi connectivity index (χ0n) is 6.90. The summed E-state index contributed by atoms with van der Waals surface area (Å²) in [6.07, 6.45) is 0. The molecule has 0 radical (unpaired) electrons. The van der Waals surface area contributed by atoms with Crippen LogP contribution in [0.15, 0.2) is 0 Å². The fraction of sp³-hybridized carbons (Fsp3) is 1.00. The maximum atomic E-state index is 5.75. The van der Waals surface area contributed by atoms with Gasteiger partial charge < -0.3 is 24.0 Å². The Hall–Kier alpha value is 0.650. The number of quaternary nitrogens is 1. The molecule has 2 N–H and O–H groups in total. The Kier molecular flexibility index (Phi) is 4.34. The fourth-order valence-corrected chi connectivity index (χ4v) is 0. The standard InChI is InChI=1S/C6H17N2.HI/c1-6(2,3)8(4,5)7;/h7H2,1-5H3;1H/q+1;/p-1. The summed E-state index contributed by atoms with van der Waals surface area (Å²) in [6, 6.07) is 0. The predicted octanol–water partition coefficient (Wildman–Crippen LogP) is -2.26. The van der Waals surface area contributed by atoms with Crippen LogP contribution in [0.4, 0.5) is 0 Å². The first kappa shape index (κ1) is 12.3. The van der Waals surface area contributed by atoms with E-state index in [9.17, 15) is 0 Å². The van der Waals surface area contributed by atoms with Crippen molar-refractivity contribution >= 4 is 0 Å². The van der Waals surface area contributed by atoms with E-state index >= 15 is 0 Å². The van der Waals surface area contributed by atoms with Gasteiger partial charge in [0.25, 0.3) is 0 Å². The molecule has 0 unspecified atom stereocenters. The number of rotatable bonds is 0. The van der Waals surface area contributed by atoms with Crippen LogP contribution in [0, 0.1) is 0 Å². The highest BCUT2D eigenvalue weighted by Gasteiger charge is 2.27. The minimum Gasteiger partial charge on any atom is -1.00 e. The van der Waals surface area contributed by atoms with E-state index in [0.29, 0.717) is 4.59 Å². The van der Waals surface area contributed by atoms with Crippen molar-refractivity contribution < 1.29 is 28.6 Å². The van der Waals surface area contributed by atoms with Gasteiger partial charge >= 0.3 is 0 Å². The first-order valence-electron chi connectivity index (χ1n) is 2.88. The smallest absolute Gasteiger partial charge is 0.107 e. The van der Waals surface area contributed by atoms with Crippen molar-refractivity contribution in [1.82, 2.24) is 0 Å². The van der Waals surface area contributed by atoms with Gasteiger partial charge in [0.2, 0.25) is 0 Å². The molecule has 0 amide bonds. The highest BCUT2D eigenvalue weighted by molar-refractivity contribution is 4.56. The normalized spacial score (nSPS) is 12.7. The van der Waals surface area contributed by atoms with E-state index in [1.807, 2.05) is 14.1 Å². The Balaban J connectivity index is 0. The summed E-state index contributed by atoms with van der Waals surface area (Å²) in [5, 5.41) is 0. The summed E-state index contributed by atoms with van der Waals surface area (Å²) < 4.78 is 0.521. The lowest BCUT2D eigenvalue weighted by Gasteiger charge is -2.36. The van der Waals surface area contributed by atoms with Crippen LogP contribution in [0.3, 0.4) is 0 Å². The van der Waals surface area contributed by atoms with Crippen molar-refractivity contribution in [2.75, 3.05) is 14.1 Å². The van der Waals surface area contributed by atoms with Crippen molar-refractivity contribution in [3.63, 3.8) is 0 Å². The Morgan fingerprint density at radius 3 is 1.22 bits per heavy atom. The Morgan fingerprint density at radius 2 is 1.22 bits per heavy atom. The molecule has 0 aromatic rings. The average molecular weight is 244 g/mol. The molecule has 0 aromatic carbocycles. The van der Waals surface area contributed by atoms with Crippen LogP contribution in [0.1, 0.15) is 20.8 Å². The molecule has 0 fully saturated rings. The van der Waals surface area contributed by atoms with Crippen LogP contribution in [0.2, 0.25) is 0 Å². The van der Waals surface area contributed by atoms with Crippen molar-refractivity contribution in [3.05, 3.63) is 0 Å². The Morgan fingerprint density at radius 1 is 1.11 bits per heavy atom. The van der Waals surface area contributed by atoms with E-state index < -0.39 is 0 Å². The quantitative estimate of drug-likeness (QED) is 0.221. The lowest BCUT2D eigenvalue weighted by molar-refractivity contribution is -0.947. The van der Waals surface area contributed by atoms with Gasteiger partial charge in [0.05, 0.1) is 14.1 Å². The number of halogens is 1. The number of nitrogens with zero attached hydrogens (tertiary/aromatic N) is 1. The van der Waals surface area contributed by atoms with Crippen LogP contribution >= 0.6 is 0 Å². The Labute approximate surface area is 75.0 Å². The molecule has 0 spiro atoms. The van der Waals surface area contributed by atoms with E-state index in [1.165, 1.54) is 0 Å². The fourth-order valence-electron chi connectivity index (χ4n) is 0. The molecule has 0 aliphatic carbocycles. The summed E-state index contributed by atoms with van der Waals surface area (Å²) in [7, 11) is 3.97. The molecule has 0 saturated heterocycles. The third kappa shape index (κ3) is 4.11. The first-order valence-corrected chi connectivity index (χ1v) is 2.88. The Bertz CT molecular complexity index is 66.0. The van der Waals surface area contributed by atoms with E-state index in [1.54, 1.807) is 0 Å². The second kappa shape index (κ2) is 3.16. The molecule has 2 nitrogen and oxygen atoms in total. The molecule has 0 saturated carbocycles. The summed E-state index contributed by atoms with van der Waals surface area (Å²) in [6.45, 7) is 6.35. The topological polar surface area (TPSA) is 26.0 Å². The molecular formula is C6H17IN2. The van der Waals surface area contributed by atoms with Crippen LogP contribution in [-0.4, -0.2) is 24.2 Å². The number of hydrogen-bond acceptors (Lipinski definition) is 1. The second-order valence-corrected chi connectivity index (χ2v) is 3.71. The number of hydrogen-bond donors (Lipinski definition) is 1. The molecule has 3 heteroatoms. The van der Waals surface area contributed by atoms with E-state index in [4.69, 9.17) is 5.84 Å². The zero-order valence-corrected chi connectivity index (χ0v) is 9.06. The predicted molar refractivity (Wildman–Crippen MR) is 36.0 cm³/mol. The van der Waals surface area contributed by atoms with Gasteiger partial charge in [-0.2, -0.15) is 5.84 Å². The summed E-state index contributed by atoms with van der Waals surface area (Å²) in [4.78, 5) is 0. The van der Waals surface area contributed by atoms with Crippen LogP contribution in [0.25, 0.3) is 0 Å². The van der Waals surface area contributed by atoms with Crippen LogP contribution < -0.4 is 29.8 Å². The van der Waals surface area contributed by atoms with Gasteiger partial charge in [0.1, 0.15) is 5.54 Å². The first-order chi connectivity index (χ1) is 3.25. The molecule has 0 aromatic heterocycles. The van der Waals surface area contributed by atoms with Crippen LogP contribution in [0.5, 0.6) is 0 Å². The van der Waals surface area contributed by atoms with Crippen molar-refractivity contribution in [2.24, 2.45) is 5.84 Å². The maximum absolute atomic E-state index is 5.75. The molecule has 0 heterocycles. The average Bonchev–Trinajstić information content (AvgIpc) is 1.25. The third-order valence-electron chi connectivity index (χ3n) is 1.73. The second-order valence-electron chi connectivity index (χ2n) is 3.71. The van der Waals surface area contributed by atoms with Gasteiger partial charge in [-0.1, -0.05) is 0 Å². The lowest BCUT2D eigenvalue weighted by atomic mass is 10.1. The van der Waals surface area contributed by atoms with Gasteiger partial charge in [-0.15, -0.1) is 0 Å². The zero-order chi connectivity index (χ0) is 7.00. The molecule has 0 aliphatic rings. The highest BCUT2D eigenvalue weighted by Crippen LogP contribution is 2.11. The van der Waals surface area contributed by atoms with E-state index in [0.717, 1.165) is 0 Å². The third-order valence-corrected chi connectivity index (χ3v) is 1.73.